The SMILES string of the molecule is CCCOC(=O)C1=C(C(=O)OCCC)CCC=C1. The molecule has 0 N–H and O–H groups in total. The first-order valence-corrected chi connectivity index (χ1v) is 6.44. The van der Waals surface area contributed by atoms with Crippen LogP contribution in [-0.2, 0) is 19.1 Å². The van der Waals surface area contributed by atoms with E-state index in [9.17, 15) is 9.59 Å². The highest BCUT2D eigenvalue weighted by molar-refractivity contribution is 6.02. The summed E-state index contributed by atoms with van der Waals surface area (Å²) in [6.45, 7) is 4.60. The molecule has 0 aromatic rings. The molecule has 0 atom stereocenters. The summed E-state index contributed by atoms with van der Waals surface area (Å²) in [4.78, 5) is 23.6. The second-order valence-electron chi connectivity index (χ2n) is 4.11. The van der Waals surface area contributed by atoms with Gasteiger partial charge in [-0.1, -0.05) is 26.0 Å². The third-order valence-electron chi connectivity index (χ3n) is 2.51. The van der Waals surface area contributed by atoms with Crippen molar-refractivity contribution in [2.75, 3.05) is 13.2 Å². The maximum absolute atomic E-state index is 11.8. The maximum atomic E-state index is 11.8. The fraction of sp³-hybridized carbons (Fsp3) is 0.571. The lowest BCUT2D eigenvalue weighted by molar-refractivity contribution is -0.142. The zero-order chi connectivity index (χ0) is 13.4. The Morgan fingerprint density at radius 3 is 2.33 bits per heavy atom. The topological polar surface area (TPSA) is 52.6 Å². The van der Waals surface area contributed by atoms with Crippen LogP contribution in [-0.4, -0.2) is 25.2 Å². The largest absolute Gasteiger partial charge is 0.462 e. The first-order valence-electron chi connectivity index (χ1n) is 6.44. The zero-order valence-corrected chi connectivity index (χ0v) is 11.0. The lowest BCUT2D eigenvalue weighted by atomic mass is 9.97. The molecule has 1 aliphatic rings. The number of carbonyl (C=O) groups is 2. The predicted octanol–water partition coefficient (Wildman–Crippen LogP) is 2.54. The van der Waals surface area contributed by atoms with Crippen molar-refractivity contribution in [3.05, 3.63) is 23.3 Å². The van der Waals surface area contributed by atoms with Gasteiger partial charge in [-0.2, -0.15) is 0 Å². The Morgan fingerprint density at radius 1 is 1.11 bits per heavy atom. The summed E-state index contributed by atoms with van der Waals surface area (Å²) in [7, 11) is 0. The van der Waals surface area contributed by atoms with Crippen molar-refractivity contribution in [2.24, 2.45) is 0 Å². The molecule has 0 amide bonds. The van der Waals surface area contributed by atoms with E-state index >= 15 is 0 Å². The second-order valence-corrected chi connectivity index (χ2v) is 4.11. The Labute approximate surface area is 108 Å². The van der Waals surface area contributed by atoms with Crippen LogP contribution in [0.25, 0.3) is 0 Å². The molecule has 0 fully saturated rings. The van der Waals surface area contributed by atoms with Crippen LogP contribution in [0.4, 0.5) is 0 Å². The van der Waals surface area contributed by atoms with Gasteiger partial charge in [-0.05, 0) is 25.7 Å². The molecule has 0 aromatic heterocycles. The van der Waals surface area contributed by atoms with E-state index in [4.69, 9.17) is 9.47 Å². The van der Waals surface area contributed by atoms with E-state index in [2.05, 4.69) is 0 Å². The summed E-state index contributed by atoms with van der Waals surface area (Å²) in [6.07, 6.45) is 6.35. The molecular weight excluding hydrogens is 232 g/mol. The number of carbonyl (C=O) groups excluding carboxylic acids is 2. The number of hydrogen-bond acceptors (Lipinski definition) is 4. The summed E-state index contributed by atoms with van der Waals surface area (Å²) >= 11 is 0. The van der Waals surface area contributed by atoms with Crippen LogP contribution >= 0.6 is 0 Å². The quantitative estimate of drug-likeness (QED) is 0.682. The standard InChI is InChI=1S/C14H20O4/c1-3-9-17-13(15)11-7-5-6-8-12(11)14(16)18-10-4-2/h5,7H,3-4,6,8-10H2,1-2H3. The second kappa shape index (κ2) is 7.69. The van der Waals surface area contributed by atoms with E-state index in [0.717, 1.165) is 19.3 Å². The number of rotatable bonds is 6. The first kappa shape index (κ1) is 14.5. The van der Waals surface area contributed by atoms with E-state index in [0.29, 0.717) is 30.8 Å². The molecule has 0 unspecified atom stereocenters. The fourth-order valence-electron chi connectivity index (χ4n) is 1.62. The average Bonchev–Trinajstić information content (AvgIpc) is 2.42. The molecule has 100 valence electrons. The van der Waals surface area contributed by atoms with Gasteiger partial charge in [-0.3, -0.25) is 0 Å². The molecule has 0 aromatic carbocycles. The number of esters is 2. The summed E-state index contributed by atoms with van der Waals surface area (Å²) in [5, 5.41) is 0. The molecule has 18 heavy (non-hydrogen) atoms. The van der Waals surface area contributed by atoms with Crippen molar-refractivity contribution < 1.29 is 19.1 Å². The summed E-state index contributed by atoms with van der Waals surface area (Å²) in [6, 6.07) is 0. The van der Waals surface area contributed by atoms with Gasteiger partial charge in [0.1, 0.15) is 0 Å². The van der Waals surface area contributed by atoms with Crippen molar-refractivity contribution in [1.29, 1.82) is 0 Å². The normalized spacial score (nSPS) is 14.6. The maximum Gasteiger partial charge on any atom is 0.338 e. The number of hydrogen-bond donors (Lipinski definition) is 0. The molecule has 1 aliphatic carbocycles. The van der Waals surface area contributed by atoms with Gasteiger partial charge in [0.2, 0.25) is 0 Å². The van der Waals surface area contributed by atoms with Crippen molar-refractivity contribution >= 4 is 11.9 Å². The smallest absolute Gasteiger partial charge is 0.338 e. The van der Waals surface area contributed by atoms with E-state index in [1.165, 1.54) is 0 Å². The van der Waals surface area contributed by atoms with Gasteiger partial charge < -0.3 is 9.47 Å². The minimum atomic E-state index is -0.434. The minimum absolute atomic E-state index is 0.343. The fourth-order valence-corrected chi connectivity index (χ4v) is 1.62. The van der Waals surface area contributed by atoms with Gasteiger partial charge in [-0.25, -0.2) is 9.59 Å². The van der Waals surface area contributed by atoms with E-state index in [1.54, 1.807) is 6.08 Å². The van der Waals surface area contributed by atoms with Gasteiger partial charge in [-0.15, -0.1) is 0 Å². The minimum Gasteiger partial charge on any atom is -0.462 e. The molecule has 0 radical (unpaired) electrons. The van der Waals surface area contributed by atoms with E-state index in [-0.39, 0.29) is 0 Å². The molecule has 0 heterocycles. The molecule has 0 saturated heterocycles. The van der Waals surface area contributed by atoms with Crippen LogP contribution in [0.1, 0.15) is 39.5 Å². The van der Waals surface area contributed by atoms with Gasteiger partial charge in [0.25, 0.3) is 0 Å². The van der Waals surface area contributed by atoms with E-state index < -0.39 is 11.9 Å². The predicted molar refractivity (Wildman–Crippen MR) is 67.9 cm³/mol. The third-order valence-corrected chi connectivity index (χ3v) is 2.51. The molecule has 0 saturated carbocycles. The number of ether oxygens (including phenoxy) is 2. The van der Waals surface area contributed by atoms with Gasteiger partial charge >= 0.3 is 11.9 Å². The summed E-state index contributed by atoms with van der Waals surface area (Å²) in [5.41, 5.74) is 0.780. The monoisotopic (exact) mass is 252 g/mol. The van der Waals surface area contributed by atoms with Crippen LogP contribution in [0.5, 0.6) is 0 Å². The third kappa shape index (κ3) is 4.02. The Kier molecular flexibility index (Phi) is 6.19. The van der Waals surface area contributed by atoms with Crippen LogP contribution in [0, 0.1) is 0 Å². The number of allylic oxidation sites excluding steroid dienone is 1. The summed E-state index contributed by atoms with van der Waals surface area (Å²) < 4.78 is 10.1. The molecular formula is C14H20O4. The van der Waals surface area contributed by atoms with Crippen molar-refractivity contribution in [3.63, 3.8) is 0 Å². The highest BCUT2D eigenvalue weighted by atomic mass is 16.5. The summed E-state index contributed by atoms with van der Waals surface area (Å²) in [5.74, 6) is -0.833. The van der Waals surface area contributed by atoms with Crippen molar-refractivity contribution in [1.82, 2.24) is 0 Å². The van der Waals surface area contributed by atoms with E-state index in [1.807, 2.05) is 19.9 Å². The van der Waals surface area contributed by atoms with Gasteiger partial charge in [0, 0.05) is 0 Å². The van der Waals surface area contributed by atoms with Crippen LogP contribution < -0.4 is 0 Å². The Hall–Kier alpha value is -1.58. The molecule has 4 nitrogen and oxygen atoms in total. The highest BCUT2D eigenvalue weighted by Crippen LogP contribution is 2.21. The van der Waals surface area contributed by atoms with Crippen molar-refractivity contribution in [3.8, 4) is 0 Å². The Bertz CT molecular complexity index is 366. The molecule has 4 heteroatoms. The Morgan fingerprint density at radius 2 is 1.72 bits per heavy atom. The molecule has 0 aliphatic heterocycles. The Balaban J connectivity index is 2.79. The molecule has 0 spiro atoms. The first-order chi connectivity index (χ1) is 8.70. The highest BCUT2D eigenvalue weighted by Gasteiger charge is 2.22. The van der Waals surface area contributed by atoms with Crippen LogP contribution in [0.2, 0.25) is 0 Å². The molecule has 1 rings (SSSR count). The van der Waals surface area contributed by atoms with Crippen molar-refractivity contribution in [2.45, 2.75) is 39.5 Å². The van der Waals surface area contributed by atoms with Gasteiger partial charge in [0.05, 0.1) is 24.4 Å². The lowest BCUT2D eigenvalue weighted by Crippen LogP contribution is -2.18. The van der Waals surface area contributed by atoms with Crippen LogP contribution in [0.3, 0.4) is 0 Å². The van der Waals surface area contributed by atoms with Gasteiger partial charge in [0.15, 0.2) is 0 Å². The molecule has 0 bridgehead atoms. The average molecular weight is 252 g/mol. The van der Waals surface area contributed by atoms with Crippen LogP contribution in [0.15, 0.2) is 23.3 Å². The lowest BCUT2D eigenvalue weighted by Gasteiger charge is -2.14. The zero-order valence-electron chi connectivity index (χ0n) is 11.0.